The molecular formula is C20H28N3O2. The molecule has 3 heterocycles. The lowest BCUT2D eigenvalue weighted by Gasteiger charge is -2.41. The molecule has 1 aliphatic carbocycles. The van der Waals surface area contributed by atoms with Crippen LogP contribution in [0.25, 0.3) is 0 Å². The normalized spacial score (nSPS) is 33.3. The number of amides is 1. The quantitative estimate of drug-likeness (QED) is 0.896. The lowest BCUT2D eigenvalue weighted by Crippen LogP contribution is -2.50. The van der Waals surface area contributed by atoms with E-state index < -0.39 is 0 Å². The summed E-state index contributed by atoms with van der Waals surface area (Å²) in [6.07, 6.45) is 8.10. The third-order valence-corrected chi connectivity index (χ3v) is 6.44. The summed E-state index contributed by atoms with van der Waals surface area (Å²) in [6, 6.07) is 5.33. The van der Waals surface area contributed by atoms with Gasteiger partial charge in [0.15, 0.2) is 0 Å². The molecule has 0 unspecified atom stereocenters. The number of carbonyl (C=O) groups is 1. The molecule has 1 spiro atoms. The second-order valence-electron chi connectivity index (χ2n) is 8.09. The number of carbonyl (C=O) groups excluding carboxylic acids is 1. The standard InChI is InChI=1S/C20H28N3O2/c1-15-4-2-11-21-18(15)22-12-3-9-20(14-22)10-13-23(19(20)25)16-5-7-17(24)8-6-16/h4,11,16-17,24H,3,5-10,12-14H2,1H3/t16?,17?,20-/m1/s1. The summed E-state index contributed by atoms with van der Waals surface area (Å²) in [5.41, 5.74) is 0.894. The fourth-order valence-electron chi connectivity index (χ4n) is 5.02. The van der Waals surface area contributed by atoms with Crippen LogP contribution < -0.4 is 4.90 Å². The molecule has 4 rings (SSSR count). The zero-order valence-electron chi connectivity index (χ0n) is 15.1. The van der Waals surface area contributed by atoms with Crippen LogP contribution in [0.5, 0.6) is 0 Å². The van der Waals surface area contributed by atoms with E-state index in [1.807, 2.05) is 6.07 Å². The number of nitrogens with zero attached hydrogens (tertiary/aromatic N) is 3. The van der Waals surface area contributed by atoms with Gasteiger partial charge in [0.1, 0.15) is 5.82 Å². The summed E-state index contributed by atoms with van der Waals surface area (Å²) in [5, 5.41) is 9.75. The summed E-state index contributed by atoms with van der Waals surface area (Å²) in [4.78, 5) is 22.3. The van der Waals surface area contributed by atoms with E-state index in [0.717, 1.165) is 76.0 Å². The van der Waals surface area contributed by atoms with E-state index in [1.165, 1.54) is 0 Å². The Bertz CT molecular complexity index is 642. The number of hydrogen-bond donors (Lipinski definition) is 1. The molecule has 1 amide bonds. The van der Waals surface area contributed by atoms with Crippen molar-refractivity contribution in [3.63, 3.8) is 0 Å². The summed E-state index contributed by atoms with van der Waals surface area (Å²) >= 11 is 0. The molecule has 1 saturated carbocycles. The van der Waals surface area contributed by atoms with Gasteiger partial charge in [0.2, 0.25) is 5.91 Å². The van der Waals surface area contributed by atoms with Crippen molar-refractivity contribution in [2.75, 3.05) is 24.5 Å². The Morgan fingerprint density at radius 2 is 2.04 bits per heavy atom. The number of anilines is 1. The van der Waals surface area contributed by atoms with Crippen LogP contribution in [-0.4, -0.2) is 52.7 Å². The molecule has 1 aromatic rings. The SMILES string of the molecule is Cc1c[c]cnc1N1CCC[C@@]2(CCN(C3CCC(O)CC3)C2=O)C1. The highest BCUT2D eigenvalue weighted by molar-refractivity contribution is 5.86. The molecule has 1 radical (unpaired) electrons. The zero-order valence-corrected chi connectivity index (χ0v) is 15.1. The zero-order chi connectivity index (χ0) is 17.4. The molecule has 2 saturated heterocycles. The molecule has 5 nitrogen and oxygen atoms in total. The Kier molecular flexibility index (Phi) is 4.44. The fourth-order valence-corrected chi connectivity index (χ4v) is 5.02. The maximum absolute atomic E-state index is 13.3. The molecule has 0 bridgehead atoms. The number of pyridine rings is 1. The average Bonchev–Trinajstić information content (AvgIpc) is 2.92. The number of likely N-dealkylation sites (tertiary alicyclic amines) is 1. The summed E-state index contributed by atoms with van der Waals surface area (Å²) in [6.45, 7) is 4.71. The predicted octanol–water partition coefficient (Wildman–Crippen LogP) is 2.31. The number of hydrogen-bond acceptors (Lipinski definition) is 4. The van der Waals surface area contributed by atoms with Crippen LogP contribution in [0.2, 0.25) is 0 Å². The van der Waals surface area contributed by atoms with E-state index in [2.05, 4.69) is 27.8 Å². The average molecular weight is 342 g/mol. The minimum absolute atomic E-state index is 0.169. The summed E-state index contributed by atoms with van der Waals surface area (Å²) in [7, 11) is 0. The van der Waals surface area contributed by atoms with Crippen molar-refractivity contribution in [2.24, 2.45) is 5.41 Å². The number of piperidine rings is 1. The van der Waals surface area contributed by atoms with Crippen molar-refractivity contribution in [2.45, 2.75) is 64.0 Å². The van der Waals surface area contributed by atoms with E-state index in [-0.39, 0.29) is 11.5 Å². The van der Waals surface area contributed by atoms with Crippen molar-refractivity contribution in [1.29, 1.82) is 0 Å². The largest absolute Gasteiger partial charge is 0.393 e. The van der Waals surface area contributed by atoms with Crippen molar-refractivity contribution in [1.82, 2.24) is 9.88 Å². The van der Waals surface area contributed by atoms with E-state index in [0.29, 0.717) is 11.9 Å². The highest BCUT2D eigenvalue weighted by Crippen LogP contribution is 2.43. The molecule has 5 heteroatoms. The van der Waals surface area contributed by atoms with Crippen LogP contribution in [0.15, 0.2) is 12.3 Å². The second-order valence-corrected chi connectivity index (χ2v) is 8.09. The topological polar surface area (TPSA) is 56.7 Å². The van der Waals surface area contributed by atoms with Gasteiger partial charge in [-0.05, 0) is 63.5 Å². The van der Waals surface area contributed by atoms with Crippen molar-refractivity contribution >= 4 is 11.7 Å². The van der Waals surface area contributed by atoms with Crippen LogP contribution >= 0.6 is 0 Å². The molecule has 1 aromatic heterocycles. The molecule has 3 aliphatic rings. The van der Waals surface area contributed by atoms with Crippen molar-refractivity contribution in [3.05, 3.63) is 23.9 Å². The van der Waals surface area contributed by atoms with Gasteiger partial charge in [-0.25, -0.2) is 4.98 Å². The molecular weight excluding hydrogens is 314 g/mol. The summed E-state index contributed by atoms with van der Waals surface area (Å²) < 4.78 is 0. The number of rotatable bonds is 2. The van der Waals surface area contributed by atoms with Gasteiger partial charge in [-0.1, -0.05) is 0 Å². The maximum Gasteiger partial charge on any atom is 0.230 e. The van der Waals surface area contributed by atoms with Crippen LogP contribution in [0.4, 0.5) is 5.82 Å². The number of aliphatic hydroxyl groups excluding tert-OH is 1. The van der Waals surface area contributed by atoms with Gasteiger partial charge < -0.3 is 14.9 Å². The van der Waals surface area contributed by atoms with Gasteiger partial charge in [0.25, 0.3) is 0 Å². The van der Waals surface area contributed by atoms with Crippen LogP contribution in [0.1, 0.15) is 50.5 Å². The Morgan fingerprint density at radius 1 is 1.24 bits per heavy atom. The highest BCUT2D eigenvalue weighted by atomic mass is 16.3. The van der Waals surface area contributed by atoms with Crippen LogP contribution in [0.3, 0.4) is 0 Å². The van der Waals surface area contributed by atoms with Gasteiger partial charge in [0.05, 0.1) is 11.5 Å². The van der Waals surface area contributed by atoms with Gasteiger partial charge in [-0.15, -0.1) is 0 Å². The van der Waals surface area contributed by atoms with E-state index in [1.54, 1.807) is 6.20 Å². The maximum atomic E-state index is 13.3. The minimum Gasteiger partial charge on any atom is -0.393 e. The van der Waals surface area contributed by atoms with Crippen LogP contribution in [-0.2, 0) is 4.79 Å². The first-order valence-electron chi connectivity index (χ1n) is 9.66. The molecule has 1 atom stereocenters. The number of aromatic nitrogens is 1. The Balaban J connectivity index is 1.50. The van der Waals surface area contributed by atoms with Crippen molar-refractivity contribution in [3.8, 4) is 0 Å². The Labute approximate surface area is 150 Å². The number of aryl methyl sites for hydroxylation is 1. The molecule has 2 aliphatic heterocycles. The highest BCUT2D eigenvalue weighted by Gasteiger charge is 2.50. The lowest BCUT2D eigenvalue weighted by molar-refractivity contribution is -0.139. The predicted molar refractivity (Wildman–Crippen MR) is 96.3 cm³/mol. The van der Waals surface area contributed by atoms with Gasteiger partial charge in [-0.2, -0.15) is 0 Å². The monoisotopic (exact) mass is 342 g/mol. The Hall–Kier alpha value is -1.62. The smallest absolute Gasteiger partial charge is 0.230 e. The van der Waals surface area contributed by atoms with Gasteiger partial charge >= 0.3 is 0 Å². The van der Waals surface area contributed by atoms with Gasteiger partial charge in [-0.3, -0.25) is 4.79 Å². The third-order valence-electron chi connectivity index (χ3n) is 6.44. The molecule has 25 heavy (non-hydrogen) atoms. The van der Waals surface area contributed by atoms with Crippen LogP contribution in [0, 0.1) is 18.4 Å². The van der Waals surface area contributed by atoms with Gasteiger partial charge in [0, 0.05) is 37.9 Å². The Morgan fingerprint density at radius 3 is 2.80 bits per heavy atom. The fraction of sp³-hybridized carbons (Fsp3) is 0.700. The van der Waals surface area contributed by atoms with E-state index in [4.69, 9.17) is 0 Å². The molecule has 3 fully saturated rings. The lowest BCUT2D eigenvalue weighted by atomic mass is 9.78. The first-order valence-corrected chi connectivity index (χ1v) is 9.66. The first kappa shape index (κ1) is 16.8. The summed E-state index contributed by atoms with van der Waals surface area (Å²) in [5.74, 6) is 1.35. The third kappa shape index (κ3) is 3.03. The van der Waals surface area contributed by atoms with E-state index in [9.17, 15) is 9.90 Å². The molecule has 1 N–H and O–H groups in total. The first-order chi connectivity index (χ1) is 12.1. The number of aliphatic hydroxyl groups is 1. The van der Waals surface area contributed by atoms with E-state index >= 15 is 0 Å². The minimum atomic E-state index is -0.234. The molecule has 135 valence electrons. The van der Waals surface area contributed by atoms with Crippen molar-refractivity contribution < 1.29 is 9.90 Å². The molecule has 0 aromatic carbocycles. The second kappa shape index (κ2) is 6.60.